The molecule has 0 atom stereocenters. The summed E-state index contributed by atoms with van der Waals surface area (Å²) in [6.07, 6.45) is 0.774. The Kier molecular flexibility index (Phi) is 7.96. The van der Waals surface area contributed by atoms with Gasteiger partial charge in [0.2, 0.25) is 0 Å². The lowest BCUT2D eigenvalue weighted by molar-refractivity contribution is 0.0518. The summed E-state index contributed by atoms with van der Waals surface area (Å²) >= 11 is 0. The lowest BCUT2D eigenvalue weighted by Crippen LogP contribution is -2.25. The number of hydrogen-bond acceptors (Lipinski definition) is 5. The van der Waals surface area contributed by atoms with E-state index in [1.165, 1.54) is 0 Å². The van der Waals surface area contributed by atoms with Crippen LogP contribution in [0.15, 0.2) is 30.3 Å². The number of nitrogens with zero attached hydrogens (tertiary/aromatic N) is 2. The van der Waals surface area contributed by atoms with Crippen LogP contribution in [0.4, 0.5) is 0 Å². The zero-order chi connectivity index (χ0) is 21.4. The first kappa shape index (κ1) is 22.6. The van der Waals surface area contributed by atoms with Gasteiger partial charge in [-0.15, -0.1) is 0 Å². The van der Waals surface area contributed by atoms with Crippen LogP contribution in [-0.2, 0) is 14.9 Å². The van der Waals surface area contributed by atoms with Gasteiger partial charge in [-0.2, -0.15) is 5.10 Å². The predicted molar refractivity (Wildman–Crippen MR) is 112 cm³/mol. The summed E-state index contributed by atoms with van der Waals surface area (Å²) in [4.78, 5) is 24.4. The summed E-state index contributed by atoms with van der Waals surface area (Å²) in [6.45, 7) is 12.0. The van der Waals surface area contributed by atoms with E-state index >= 15 is 0 Å². The molecule has 0 fully saturated rings. The van der Waals surface area contributed by atoms with Crippen LogP contribution in [0.25, 0.3) is 5.69 Å². The van der Waals surface area contributed by atoms with Gasteiger partial charge in [-0.3, -0.25) is 4.79 Å². The lowest BCUT2D eigenvalue weighted by atomic mass is 9.91. The van der Waals surface area contributed by atoms with Gasteiger partial charge < -0.3 is 14.8 Å². The molecular weight excluding hydrogens is 370 g/mol. The van der Waals surface area contributed by atoms with Gasteiger partial charge in [0.25, 0.3) is 5.91 Å². The molecule has 29 heavy (non-hydrogen) atoms. The summed E-state index contributed by atoms with van der Waals surface area (Å²) in [5.74, 6) is -0.573. The van der Waals surface area contributed by atoms with Crippen LogP contribution in [0.3, 0.4) is 0 Å². The molecule has 1 N–H and O–H groups in total. The number of amides is 1. The number of hydrogen-bond donors (Lipinski definition) is 1. The first-order chi connectivity index (χ1) is 13.8. The predicted octanol–water partition coefficient (Wildman–Crippen LogP) is 3.50. The van der Waals surface area contributed by atoms with E-state index in [0.29, 0.717) is 31.9 Å². The van der Waals surface area contributed by atoms with Crippen molar-refractivity contribution in [3.05, 3.63) is 47.3 Å². The average molecular weight is 402 g/mol. The molecule has 1 aromatic carbocycles. The zero-order valence-corrected chi connectivity index (χ0v) is 17.9. The van der Waals surface area contributed by atoms with E-state index < -0.39 is 5.97 Å². The van der Waals surface area contributed by atoms with Gasteiger partial charge in [0.05, 0.1) is 18.0 Å². The van der Waals surface area contributed by atoms with Crippen LogP contribution in [-0.4, -0.2) is 48.0 Å². The molecule has 0 radical (unpaired) electrons. The van der Waals surface area contributed by atoms with Crippen molar-refractivity contribution in [2.45, 2.75) is 46.5 Å². The number of aromatic nitrogens is 2. The Bertz CT molecular complexity index is 820. The van der Waals surface area contributed by atoms with Crippen LogP contribution in [0.5, 0.6) is 0 Å². The van der Waals surface area contributed by atoms with Crippen LogP contribution in [0, 0.1) is 0 Å². The topological polar surface area (TPSA) is 82.5 Å². The van der Waals surface area contributed by atoms with Crippen LogP contribution < -0.4 is 5.32 Å². The summed E-state index contributed by atoms with van der Waals surface area (Å²) in [7, 11) is 0. The Morgan fingerprint density at radius 3 is 2.38 bits per heavy atom. The zero-order valence-electron chi connectivity index (χ0n) is 17.9. The third-order valence-electron chi connectivity index (χ3n) is 4.29. The molecule has 1 amide bonds. The summed E-state index contributed by atoms with van der Waals surface area (Å²) in [5, 5.41) is 7.33. The van der Waals surface area contributed by atoms with Gasteiger partial charge in [-0.05, 0) is 50.6 Å². The molecule has 0 aliphatic heterocycles. The number of rotatable bonds is 9. The van der Waals surface area contributed by atoms with Crippen molar-refractivity contribution in [3.63, 3.8) is 0 Å². The van der Waals surface area contributed by atoms with Crippen molar-refractivity contribution < 1.29 is 19.1 Å². The smallest absolute Gasteiger partial charge is 0.358 e. The molecule has 158 valence electrons. The van der Waals surface area contributed by atoms with Crippen molar-refractivity contribution in [1.82, 2.24) is 15.1 Å². The number of carbonyl (C=O) groups excluding carboxylic acids is 2. The second-order valence-electron chi connectivity index (χ2n) is 7.65. The highest BCUT2D eigenvalue weighted by molar-refractivity contribution is 5.94. The molecule has 2 aromatic rings. The van der Waals surface area contributed by atoms with E-state index in [2.05, 4.69) is 31.2 Å². The highest BCUT2D eigenvalue weighted by Crippen LogP contribution is 2.26. The van der Waals surface area contributed by atoms with E-state index in [0.717, 1.165) is 17.8 Å². The van der Waals surface area contributed by atoms with Crippen LogP contribution in [0.1, 0.15) is 67.6 Å². The summed E-state index contributed by atoms with van der Waals surface area (Å²) in [6, 6.07) is 8.92. The van der Waals surface area contributed by atoms with E-state index in [1.54, 1.807) is 29.8 Å². The monoisotopic (exact) mass is 401 g/mol. The quantitative estimate of drug-likeness (QED) is 0.514. The molecule has 7 heteroatoms. The highest BCUT2D eigenvalue weighted by atomic mass is 16.5. The van der Waals surface area contributed by atoms with Gasteiger partial charge in [-0.25, -0.2) is 9.48 Å². The maximum Gasteiger partial charge on any atom is 0.358 e. The molecule has 0 aliphatic rings. The number of esters is 1. The molecular formula is C22H31N3O4. The molecule has 2 rings (SSSR count). The number of carbonyl (C=O) groups is 2. The molecule has 0 saturated heterocycles. The number of nitrogens with one attached hydrogen (secondary N) is 1. The highest BCUT2D eigenvalue weighted by Gasteiger charge is 2.24. The fourth-order valence-corrected chi connectivity index (χ4v) is 2.79. The maximum absolute atomic E-state index is 12.3. The minimum Gasteiger partial charge on any atom is -0.461 e. The van der Waals surface area contributed by atoms with Gasteiger partial charge in [0.1, 0.15) is 0 Å². The molecule has 1 aromatic heterocycles. The Morgan fingerprint density at radius 1 is 1.10 bits per heavy atom. The Balaban J connectivity index is 2.18. The van der Waals surface area contributed by atoms with Crippen LogP contribution in [0.2, 0.25) is 0 Å². The summed E-state index contributed by atoms with van der Waals surface area (Å²) in [5.41, 5.74) is 2.27. The fourth-order valence-electron chi connectivity index (χ4n) is 2.79. The van der Waals surface area contributed by atoms with Crippen molar-refractivity contribution >= 4 is 11.9 Å². The minimum atomic E-state index is -0.445. The Morgan fingerprint density at radius 2 is 1.79 bits per heavy atom. The summed E-state index contributed by atoms with van der Waals surface area (Å²) < 4.78 is 12.1. The van der Waals surface area contributed by atoms with Gasteiger partial charge in [0.15, 0.2) is 5.69 Å². The van der Waals surface area contributed by atoms with Crippen molar-refractivity contribution in [2.75, 3.05) is 26.4 Å². The molecule has 0 saturated carbocycles. The second kappa shape index (κ2) is 10.2. The Labute approximate surface area is 172 Å². The normalized spacial score (nSPS) is 11.3. The third-order valence-corrected chi connectivity index (χ3v) is 4.29. The van der Waals surface area contributed by atoms with Crippen molar-refractivity contribution in [2.24, 2.45) is 0 Å². The molecule has 0 spiro atoms. The molecule has 0 unspecified atom stereocenters. The molecule has 0 bridgehead atoms. The van der Waals surface area contributed by atoms with E-state index in [9.17, 15) is 9.59 Å². The van der Waals surface area contributed by atoms with Crippen LogP contribution >= 0.6 is 0 Å². The third kappa shape index (κ3) is 6.15. The lowest BCUT2D eigenvalue weighted by Gasteiger charge is -2.20. The Hall–Kier alpha value is -2.67. The molecule has 7 nitrogen and oxygen atoms in total. The first-order valence-electron chi connectivity index (χ1n) is 10.0. The number of benzene rings is 1. The number of ether oxygens (including phenoxy) is 2. The maximum atomic E-state index is 12.3. The fraction of sp³-hybridized carbons (Fsp3) is 0.500. The average Bonchev–Trinajstić information content (AvgIpc) is 3.14. The molecule has 1 heterocycles. The van der Waals surface area contributed by atoms with E-state index in [4.69, 9.17) is 9.47 Å². The largest absolute Gasteiger partial charge is 0.461 e. The van der Waals surface area contributed by atoms with Gasteiger partial charge >= 0.3 is 5.97 Å². The van der Waals surface area contributed by atoms with Crippen molar-refractivity contribution in [3.8, 4) is 5.69 Å². The van der Waals surface area contributed by atoms with Crippen molar-refractivity contribution in [1.29, 1.82) is 0 Å². The first-order valence-corrected chi connectivity index (χ1v) is 10.0. The molecule has 0 aliphatic carbocycles. The minimum absolute atomic E-state index is 0.128. The second-order valence-corrected chi connectivity index (χ2v) is 7.65. The van der Waals surface area contributed by atoms with Gasteiger partial charge in [0, 0.05) is 30.7 Å². The SMILES string of the molecule is CCOCCCNC(=O)c1ccc(-n2nc(C(=O)OCC)cc2C(C)(C)C)cc1. The van der Waals surface area contributed by atoms with Gasteiger partial charge in [-0.1, -0.05) is 20.8 Å². The standard InChI is InChI=1S/C22H31N3O4/c1-6-28-14-8-13-23-20(26)16-9-11-17(12-10-16)25-19(22(3,4)5)15-18(24-25)21(27)29-7-2/h9-12,15H,6-8,13-14H2,1-5H3,(H,23,26). The van der Waals surface area contributed by atoms with E-state index in [1.807, 2.05) is 19.1 Å². The van der Waals surface area contributed by atoms with E-state index in [-0.39, 0.29) is 17.0 Å².